The van der Waals surface area contributed by atoms with Gasteiger partial charge in [0.1, 0.15) is 0 Å². The Kier molecular flexibility index (Phi) is 4.05. The van der Waals surface area contributed by atoms with Crippen LogP contribution in [0.2, 0.25) is 0 Å². The lowest BCUT2D eigenvalue weighted by molar-refractivity contribution is -0.134. The largest absolute Gasteiger partial charge is 0.339 e. The molecule has 5 heteroatoms. The number of piperazine rings is 1. The maximum absolute atomic E-state index is 12.2. The Morgan fingerprint density at radius 1 is 1.26 bits per heavy atom. The van der Waals surface area contributed by atoms with E-state index in [9.17, 15) is 4.79 Å². The average Bonchev–Trinajstić information content (AvgIpc) is 3.20. The van der Waals surface area contributed by atoms with E-state index in [1.165, 1.54) is 12.8 Å². The van der Waals surface area contributed by atoms with Gasteiger partial charge in [0.2, 0.25) is 5.91 Å². The van der Waals surface area contributed by atoms with E-state index in [4.69, 9.17) is 0 Å². The van der Waals surface area contributed by atoms with Crippen molar-refractivity contribution in [1.29, 1.82) is 0 Å². The fourth-order valence-electron chi connectivity index (χ4n) is 3.26. The van der Waals surface area contributed by atoms with Crippen molar-refractivity contribution in [3.8, 4) is 0 Å². The van der Waals surface area contributed by atoms with Crippen LogP contribution in [0.25, 0.3) is 0 Å². The summed E-state index contributed by atoms with van der Waals surface area (Å²) in [5, 5.41) is 3.39. The highest BCUT2D eigenvalue weighted by molar-refractivity contribution is 5.79. The molecule has 3 rings (SSSR count). The number of likely N-dealkylation sites (tertiary alicyclic amines) is 1. The van der Waals surface area contributed by atoms with Gasteiger partial charge in [0.15, 0.2) is 0 Å². The number of hydrogen-bond acceptors (Lipinski definition) is 4. The van der Waals surface area contributed by atoms with Crippen LogP contribution in [0.15, 0.2) is 0 Å². The van der Waals surface area contributed by atoms with Crippen molar-refractivity contribution in [3.63, 3.8) is 0 Å². The number of likely N-dealkylation sites (N-methyl/N-ethyl adjacent to an activating group) is 1. The number of nitrogens with zero attached hydrogens (tertiary/aromatic N) is 3. The van der Waals surface area contributed by atoms with E-state index in [-0.39, 0.29) is 0 Å². The van der Waals surface area contributed by atoms with Crippen LogP contribution in [0.3, 0.4) is 0 Å². The van der Waals surface area contributed by atoms with Crippen LogP contribution in [0.5, 0.6) is 0 Å². The number of nitrogens with one attached hydrogen (secondary N) is 1. The molecule has 0 unspecified atom stereocenters. The highest BCUT2D eigenvalue weighted by Crippen LogP contribution is 2.27. The molecule has 0 spiro atoms. The smallest absolute Gasteiger partial charge is 0.236 e. The Bertz CT molecular complexity index is 319. The molecule has 0 radical (unpaired) electrons. The van der Waals surface area contributed by atoms with E-state index in [1.54, 1.807) is 0 Å². The van der Waals surface area contributed by atoms with E-state index in [0.717, 1.165) is 45.8 Å². The summed E-state index contributed by atoms with van der Waals surface area (Å²) in [6.07, 6.45) is 2.42. The first kappa shape index (κ1) is 13.3. The number of carbonyl (C=O) groups is 1. The average molecular weight is 266 g/mol. The van der Waals surface area contributed by atoms with Crippen LogP contribution in [-0.2, 0) is 4.79 Å². The topological polar surface area (TPSA) is 38.8 Å². The highest BCUT2D eigenvalue weighted by atomic mass is 16.2. The fraction of sp³-hybridized carbons (Fsp3) is 0.929. The summed E-state index contributed by atoms with van der Waals surface area (Å²) in [5.41, 5.74) is 0. The molecule has 0 atom stereocenters. The van der Waals surface area contributed by atoms with Gasteiger partial charge < -0.3 is 10.2 Å². The Balaban J connectivity index is 1.39. The van der Waals surface area contributed by atoms with Gasteiger partial charge >= 0.3 is 0 Å². The van der Waals surface area contributed by atoms with Gasteiger partial charge in [-0.3, -0.25) is 14.6 Å². The molecule has 0 aromatic heterocycles. The standard InChI is InChI=1S/C14H26N4O/c1-2-18(12-3-4-12)14(19)11-16-9-13(10-16)17-7-5-15-6-8-17/h12-13,15H,2-11H2,1H3. The van der Waals surface area contributed by atoms with Crippen LogP contribution in [-0.4, -0.2) is 85.0 Å². The maximum atomic E-state index is 12.2. The minimum atomic E-state index is 0.337. The van der Waals surface area contributed by atoms with Crippen LogP contribution >= 0.6 is 0 Å². The minimum absolute atomic E-state index is 0.337. The minimum Gasteiger partial charge on any atom is -0.339 e. The van der Waals surface area contributed by atoms with E-state index >= 15 is 0 Å². The Labute approximate surface area is 115 Å². The van der Waals surface area contributed by atoms with Crippen molar-refractivity contribution < 1.29 is 4.79 Å². The molecule has 1 amide bonds. The zero-order chi connectivity index (χ0) is 13.2. The first-order valence-electron chi connectivity index (χ1n) is 7.74. The Hall–Kier alpha value is -0.650. The third kappa shape index (κ3) is 3.09. The summed E-state index contributed by atoms with van der Waals surface area (Å²) >= 11 is 0. The summed E-state index contributed by atoms with van der Waals surface area (Å²) in [6.45, 7) is 10.3. The van der Waals surface area contributed by atoms with Crippen molar-refractivity contribution in [3.05, 3.63) is 0 Å². The summed E-state index contributed by atoms with van der Waals surface area (Å²) < 4.78 is 0. The quantitative estimate of drug-likeness (QED) is 0.734. The van der Waals surface area contributed by atoms with Gasteiger partial charge in [0.05, 0.1) is 6.54 Å². The third-order valence-corrected chi connectivity index (χ3v) is 4.61. The first-order valence-corrected chi connectivity index (χ1v) is 7.74. The van der Waals surface area contributed by atoms with Crippen molar-refractivity contribution in [2.24, 2.45) is 0 Å². The Morgan fingerprint density at radius 3 is 2.53 bits per heavy atom. The third-order valence-electron chi connectivity index (χ3n) is 4.61. The zero-order valence-electron chi connectivity index (χ0n) is 12.0. The molecule has 0 bridgehead atoms. The van der Waals surface area contributed by atoms with E-state index < -0.39 is 0 Å². The van der Waals surface area contributed by atoms with Crippen molar-refractivity contribution in [2.75, 3.05) is 52.4 Å². The molecule has 108 valence electrons. The summed E-state index contributed by atoms with van der Waals surface area (Å²) in [6, 6.07) is 1.24. The second-order valence-corrected chi connectivity index (χ2v) is 6.04. The Morgan fingerprint density at radius 2 is 1.95 bits per heavy atom. The predicted molar refractivity (Wildman–Crippen MR) is 75.1 cm³/mol. The molecule has 2 saturated heterocycles. The highest BCUT2D eigenvalue weighted by Gasteiger charge is 2.36. The van der Waals surface area contributed by atoms with Gasteiger partial charge in [-0.15, -0.1) is 0 Å². The fourth-order valence-corrected chi connectivity index (χ4v) is 3.26. The molecule has 3 fully saturated rings. The lowest BCUT2D eigenvalue weighted by Gasteiger charge is -2.46. The number of amides is 1. The maximum Gasteiger partial charge on any atom is 0.236 e. The van der Waals surface area contributed by atoms with Gasteiger partial charge in [0.25, 0.3) is 0 Å². The van der Waals surface area contributed by atoms with Gasteiger partial charge in [0, 0.05) is 57.9 Å². The molecule has 0 aromatic carbocycles. The van der Waals surface area contributed by atoms with E-state index in [2.05, 4.69) is 26.9 Å². The molecule has 1 aliphatic carbocycles. The van der Waals surface area contributed by atoms with Gasteiger partial charge in [-0.1, -0.05) is 0 Å². The van der Waals surface area contributed by atoms with E-state index in [1.807, 2.05) is 0 Å². The molecule has 1 N–H and O–H groups in total. The monoisotopic (exact) mass is 266 g/mol. The van der Waals surface area contributed by atoms with E-state index in [0.29, 0.717) is 24.5 Å². The van der Waals surface area contributed by atoms with Crippen LogP contribution in [0.1, 0.15) is 19.8 Å². The van der Waals surface area contributed by atoms with Crippen LogP contribution in [0, 0.1) is 0 Å². The molecule has 2 aliphatic heterocycles. The van der Waals surface area contributed by atoms with Gasteiger partial charge in [-0.2, -0.15) is 0 Å². The molecule has 3 aliphatic rings. The summed E-state index contributed by atoms with van der Waals surface area (Å²) in [4.78, 5) is 19.1. The van der Waals surface area contributed by atoms with Crippen molar-refractivity contribution in [1.82, 2.24) is 20.0 Å². The number of rotatable bonds is 5. The van der Waals surface area contributed by atoms with Crippen LogP contribution < -0.4 is 5.32 Å². The second-order valence-electron chi connectivity index (χ2n) is 6.04. The molecule has 1 saturated carbocycles. The molecule has 19 heavy (non-hydrogen) atoms. The molecule has 2 heterocycles. The lowest BCUT2D eigenvalue weighted by atomic mass is 10.1. The molecule has 5 nitrogen and oxygen atoms in total. The summed E-state index contributed by atoms with van der Waals surface area (Å²) in [7, 11) is 0. The second kappa shape index (κ2) is 5.77. The molecular formula is C14H26N4O. The van der Waals surface area contributed by atoms with Gasteiger partial charge in [-0.25, -0.2) is 0 Å². The zero-order valence-corrected chi connectivity index (χ0v) is 12.0. The lowest BCUT2D eigenvalue weighted by Crippen LogP contribution is -2.63. The molecule has 0 aromatic rings. The van der Waals surface area contributed by atoms with Crippen molar-refractivity contribution in [2.45, 2.75) is 31.8 Å². The normalized spacial score (nSPS) is 26.2. The van der Waals surface area contributed by atoms with Crippen molar-refractivity contribution >= 4 is 5.91 Å². The predicted octanol–water partition coefficient (Wildman–Crippen LogP) is -0.413. The number of carbonyl (C=O) groups excluding carboxylic acids is 1. The van der Waals surface area contributed by atoms with Gasteiger partial charge in [-0.05, 0) is 19.8 Å². The molecular weight excluding hydrogens is 240 g/mol. The van der Waals surface area contributed by atoms with Crippen LogP contribution in [0.4, 0.5) is 0 Å². The first-order chi connectivity index (χ1) is 9.28. The summed E-state index contributed by atoms with van der Waals surface area (Å²) in [5.74, 6) is 0.337. The SMILES string of the molecule is CCN(C(=O)CN1CC(N2CCNCC2)C1)C1CC1. The number of hydrogen-bond donors (Lipinski definition) is 1.